The molecule has 4 aromatic rings. The summed E-state index contributed by atoms with van der Waals surface area (Å²) in [6.07, 6.45) is 3.37. The first kappa shape index (κ1) is 28.0. The minimum absolute atomic E-state index is 0.0596. The smallest absolute Gasteiger partial charge is 0.335 e. The number of nitrogens with one attached hydrogen (secondary N) is 1. The monoisotopic (exact) mass is 620 g/mol. The summed E-state index contributed by atoms with van der Waals surface area (Å²) in [6.45, 7) is 4.00. The Morgan fingerprint density at radius 3 is 2.00 bits per heavy atom. The van der Waals surface area contributed by atoms with Crippen LogP contribution >= 0.6 is 43.5 Å². The van der Waals surface area contributed by atoms with E-state index in [0.29, 0.717) is 0 Å². The molecule has 0 aliphatic carbocycles. The SMILES string of the molecule is Cc1cc2c(=O)cc[nH]c2cc1Br.Cc1cc2c(Cl)ccnc2cc1Br.O=S=O.O=S=O. The van der Waals surface area contributed by atoms with E-state index in [9.17, 15) is 4.79 Å². The summed E-state index contributed by atoms with van der Waals surface area (Å²) >= 11 is 11.4. The van der Waals surface area contributed by atoms with E-state index >= 15 is 0 Å². The Morgan fingerprint density at radius 2 is 1.41 bits per heavy atom. The average Bonchev–Trinajstić information content (AvgIpc) is 2.73. The van der Waals surface area contributed by atoms with E-state index in [-0.39, 0.29) is 5.43 Å². The highest BCUT2D eigenvalue weighted by atomic mass is 79.9. The summed E-state index contributed by atoms with van der Waals surface area (Å²) in [5.74, 6) is 0. The normalized spacial score (nSPS) is 9.41. The number of hydrogen-bond acceptors (Lipinski definition) is 6. The van der Waals surface area contributed by atoms with Crippen molar-refractivity contribution in [1.29, 1.82) is 0 Å². The maximum absolute atomic E-state index is 11.4. The molecule has 0 spiro atoms. The molecule has 0 aliphatic rings. The Morgan fingerprint density at radius 1 is 0.875 bits per heavy atom. The maximum Gasteiger partial charge on any atom is 0.335 e. The van der Waals surface area contributed by atoms with Crippen molar-refractivity contribution in [3.05, 3.63) is 84.1 Å². The largest absolute Gasteiger partial charge is 0.361 e. The molecular weight excluding hydrogens is 608 g/mol. The van der Waals surface area contributed by atoms with Crippen LogP contribution in [0.15, 0.2) is 62.5 Å². The van der Waals surface area contributed by atoms with Gasteiger partial charge in [-0.15, -0.1) is 0 Å². The van der Waals surface area contributed by atoms with Gasteiger partial charge in [0.1, 0.15) is 0 Å². The molecule has 168 valence electrons. The highest BCUT2D eigenvalue weighted by molar-refractivity contribution is 9.10. The second kappa shape index (κ2) is 14.2. The highest BCUT2D eigenvalue weighted by Gasteiger charge is 2.03. The molecule has 0 unspecified atom stereocenters. The summed E-state index contributed by atoms with van der Waals surface area (Å²) in [7, 11) is 0. The Kier molecular flexibility index (Phi) is 12.4. The third-order valence-electron chi connectivity index (χ3n) is 4.01. The van der Waals surface area contributed by atoms with Gasteiger partial charge in [-0.05, 0) is 55.3 Å². The highest BCUT2D eigenvalue weighted by Crippen LogP contribution is 2.27. The lowest BCUT2D eigenvalue weighted by atomic mass is 10.1. The summed E-state index contributed by atoms with van der Waals surface area (Å²) in [6, 6.07) is 11.2. The average molecular weight is 623 g/mol. The van der Waals surface area contributed by atoms with E-state index in [1.807, 2.05) is 38.1 Å². The number of aryl methyl sites for hydroxylation is 2. The van der Waals surface area contributed by atoms with Crippen LogP contribution in [0.25, 0.3) is 21.8 Å². The molecule has 4 rings (SSSR count). The fourth-order valence-electron chi connectivity index (χ4n) is 2.54. The molecule has 0 bridgehead atoms. The van der Waals surface area contributed by atoms with E-state index in [2.05, 4.69) is 41.8 Å². The van der Waals surface area contributed by atoms with Gasteiger partial charge in [-0.3, -0.25) is 9.78 Å². The zero-order valence-corrected chi connectivity index (χ0v) is 22.1. The lowest BCUT2D eigenvalue weighted by Gasteiger charge is -2.02. The van der Waals surface area contributed by atoms with Gasteiger partial charge in [0, 0.05) is 38.2 Å². The molecule has 0 aliphatic heterocycles. The third-order valence-corrected chi connectivity index (χ3v) is 6.04. The third kappa shape index (κ3) is 8.14. The van der Waals surface area contributed by atoms with Crippen molar-refractivity contribution >= 4 is 88.4 Å². The molecular formula is C20H15Br2ClN2O5S2. The second-order valence-electron chi connectivity index (χ2n) is 6.04. The zero-order valence-electron chi connectivity index (χ0n) is 16.6. The van der Waals surface area contributed by atoms with Crippen molar-refractivity contribution < 1.29 is 16.8 Å². The van der Waals surface area contributed by atoms with Crippen molar-refractivity contribution in [3.8, 4) is 0 Å². The molecule has 32 heavy (non-hydrogen) atoms. The van der Waals surface area contributed by atoms with Gasteiger partial charge in [-0.1, -0.05) is 43.5 Å². The molecule has 12 heteroatoms. The van der Waals surface area contributed by atoms with Gasteiger partial charge < -0.3 is 4.98 Å². The van der Waals surface area contributed by atoms with Gasteiger partial charge in [-0.2, -0.15) is 16.8 Å². The fourth-order valence-corrected chi connectivity index (χ4v) is 3.43. The maximum atomic E-state index is 11.4. The molecule has 0 amide bonds. The van der Waals surface area contributed by atoms with Crippen molar-refractivity contribution in [3.63, 3.8) is 0 Å². The molecule has 2 heterocycles. The van der Waals surface area contributed by atoms with Crippen molar-refractivity contribution in [2.24, 2.45) is 0 Å². The van der Waals surface area contributed by atoms with Crippen LogP contribution in [-0.4, -0.2) is 26.8 Å². The van der Waals surface area contributed by atoms with Crippen LogP contribution in [0, 0.1) is 13.8 Å². The van der Waals surface area contributed by atoms with Crippen LogP contribution in [0.1, 0.15) is 11.1 Å². The van der Waals surface area contributed by atoms with Crippen molar-refractivity contribution in [2.75, 3.05) is 0 Å². The molecule has 0 atom stereocenters. The topological polar surface area (TPSA) is 114 Å². The van der Waals surface area contributed by atoms with Crippen molar-refractivity contribution in [1.82, 2.24) is 9.97 Å². The number of H-pyrrole nitrogens is 1. The van der Waals surface area contributed by atoms with E-state index < -0.39 is 23.1 Å². The standard InChI is InChI=1S/C10H7BrClN.C10H8BrNO.2O2S/c1-6-4-7-9(12)2-3-13-10(7)5-8(6)11;1-6-4-7-9(5-8(6)11)12-3-2-10(7)13;2*1-3-2/h2-5H,1H3;2-5H,1H3,(H,12,13);;. The Hall–Kier alpha value is -2.05. The summed E-state index contributed by atoms with van der Waals surface area (Å²) in [4.78, 5) is 18.7. The molecule has 0 saturated heterocycles. The van der Waals surface area contributed by atoms with Crippen LogP contribution < -0.4 is 5.43 Å². The zero-order chi connectivity index (χ0) is 24.3. The van der Waals surface area contributed by atoms with Gasteiger partial charge in [0.15, 0.2) is 5.43 Å². The molecule has 7 nitrogen and oxygen atoms in total. The van der Waals surface area contributed by atoms with Crippen LogP contribution in [0.5, 0.6) is 0 Å². The van der Waals surface area contributed by atoms with Crippen molar-refractivity contribution in [2.45, 2.75) is 13.8 Å². The molecule has 1 N–H and O–H groups in total. The first-order valence-electron chi connectivity index (χ1n) is 8.51. The summed E-state index contributed by atoms with van der Waals surface area (Å²) in [5.41, 5.74) is 4.09. The summed E-state index contributed by atoms with van der Waals surface area (Å²) < 4.78 is 35.2. The number of hydrogen-bond donors (Lipinski definition) is 1. The van der Waals surface area contributed by atoms with Gasteiger partial charge in [0.05, 0.1) is 16.1 Å². The first-order valence-corrected chi connectivity index (χ1v) is 11.8. The van der Waals surface area contributed by atoms with Gasteiger partial charge in [0.25, 0.3) is 0 Å². The minimum Gasteiger partial charge on any atom is -0.361 e. The number of nitrogens with zero attached hydrogens (tertiary/aromatic N) is 1. The number of rotatable bonds is 0. The van der Waals surface area contributed by atoms with E-state index in [1.54, 1.807) is 18.5 Å². The van der Waals surface area contributed by atoms with E-state index in [0.717, 1.165) is 41.3 Å². The number of aromatic nitrogens is 2. The predicted molar refractivity (Wildman–Crippen MR) is 134 cm³/mol. The van der Waals surface area contributed by atoms with Gasteiger partial charge >= 0.3 is 23.1 Å². The lowest BCUT2D eigenvalue weighted by Crippen LogP contribution is -2.00. The molecule has 2 aromatic carbocycles. The van der Waals surface area contributed by atoms with Gasteiger partial charge in [-0.25, -0.2) is 0 Å². The Bertz CT molecular complexity index is 1360. The van der Waals surface area contributed by atoms with E-state index in [4.69, 9.17) is 28.4 Å². The lowest BCUT2D eigenvalue weighted by molar-refractivity contribution is 0.628. The molecule has 2 aromatic heterocycles. The summed E-state index contributed by atoms with van der Waals surface area (Å²) in [5, 5.41) is 2.49. The molecule has 0 saturated carbocycles. The minimum atomic E-state index is -0.750. The molecule has 0 radical (unpaired) electrons. The van der Waals surface area contributed by atoms with Gasteiger partial charge in [0.2, 0.25) is 0 Å². The number of halogens is 3. The Labute approximate surface area is 212 Å². The predicted octanol–water partition coefficient (Wildman–Crippen LogP) is 5.22. The number of pyridine rings is 2. The fraction of sp³-hybridized carbons (Fsp3) is 0.100. The second-order valence-corrected chi connectivity index (χ2v) is 8.42. The number of fused-ring (bicyclic) bond motifs is 2. The first-order chi connectivity index (χ1) is 15.2. The van der Waals surface area contributed by atoms with Crippen LogP contribution in [0.4, 0.5) is 0 Å². The Balaban J connectivity index is 0.000000258. The van der Waals surface area contributed by atoms with Crippen LogP contribution in [0.2, 0.25) is 5.02 Å². The van der Waals surface area contributed by atoms with E-state index in [1.165, 1.54) is 11.6 Å². The molecule has 0 fully saturated rings. The van der Waals surface area contributed by atoms with Crippen LogP contribution in [-0.2, 0) is 23.1 Å². The number of aromatic amines is 1. The quantitative estimate of drug-likeness (QED) is 0.288. The number of benzene rings is 2. The van der Waals surface area contributed by atoms with Crippen LogP contribution in [0.3, 0.4) is 0 Å².